The Labute approximate surface area is 140 Å². The van der Waals surface area contributed by atoms with Crippen LogP contribution in [0.25, 0.3) is 0 Å². The molecule has 0 unspecified atom stereocenters. The SMILES string of the molecule is CCc1ccc([N+](=O)[O-])cc1S(=O)(=O)NCCc1ccc(N)cc1. The summed E-state index contributed by atoms with van der Waals surface area (Å²) < 4.78 is 27.5. The highest BCUT2D eigenvalue weighted by molar-refractivity contribution is 7.89. The quantitative estimate of drug-likeness (QED) is 0.452. The van der Waals surface area contributed by atoms with Crippen molar-refractivity contribution < 1.29 is 13.3 Å². The minimum atomic E-state index is -3.82. The second-order valence-corrected chi connectivity index (χ2v) is 7.03. The molecule has 128 valence electrons. The number of non-ortho nitro benzene ring substituents is 1. The first-order chi connectivity index (χ1) is 11.3. The lowest BCUT2D eigenvalue weighted by atomic mass is 10.1. The predicted molar refractivity (Wildman–Crippen MR) is 92.2 cm³/mol. The standard InChI is InChI=1S/C16H19N3O4S/c1-2-13-5-8-15(19(20)21)11-16(13)24(22,23)18-10-9-12-3-6-14(17)7-4-12/h3-8,11,18H,2,9-10,17H2,1H3. The van der Waals surface area contributed by atoms with E-state index in [2.05, 4.69) is 4.72 Å². The summed E-state index contributed by atoms with van der Waals surface area (Å²) in [5, 5.41) is 10.9. The van der Waals surface area contributed by atoms with Crippen LogP contribution in [-0.4, -0.2) is 19.9 Å². The summed E-state index contributed by atoms with van der Waals surface area (Å²) in [4.78, 5) is 10.2. The molecule has 2 aromatic carbocycles. The van der Waals surface area contributed by atoms with Crippen molar-refractivity contribution in [1.29, 1.82) is 0 Å². The molecule has 0 amide bonds. The Balaban J connectivity index is 2.15. The minimum absolute atomic E-state index is 0.0449. The third-order valence-corrected chi connectivity index (χ3v) is 5.16. The van der Waals surface area contributed by atoms with Gasteiger partial charge in [-0.05, 0) is 36.1 Å². The van der Waals surface area contributed by atoms with Crippen LogP contribution in [-0.2, 0) is 22.9 Å². The summed E-state index contributed by atoms with van der Waals surface area (Å²) in [6.45, 7) is 1.99. The zero-order chi connectivity index (χ0) is 17.7. The average Bonchev–Trinajstić information content (AvgIpc) is 2.56. The Hall–Kier alpha value is -2.45. The first kappa shape index (κ1) is 17.9. The Kier molecular flexibility index (Phi) is 5.53. The van der Waals surface area contributed by atoms with E-state index in [9.17, 15) is 18.5 Å². The fraction of sp³-hybridized carbons (Fsp3) is 0.250. The number of nitrogens with two attached hydrogens (primary N) is 1. The van der Waals surface area contributed by atoms with Crippen LogP contribution in [0.3, 0.4) is 0 Å². The molecule has 0 aliphatic rings. The molecule has 2 aromatic rings. The molecule has 2 rings (SSSR count). The molecule has 0 aliphatic heterocycles. The lowest BCUT2D eigenvalue weighted by molar-refractivity contribution is -0.385. The van der Waals surface area contributed by atoms with Crippen LogP contribution in [0, 0.1) is 10.1 Å². The number of nitro groups is 1. The largest absolute Gasteiger partial charge is 0.399 e. The number of nitrogens with zero attached hydrogens (tertiary/aromatic N) is 1. The zero-order valence-corrected chi connectivity index (χ0v) is 14.0. The first-order valence-electron chi connectivity index (χ1n) is 7.45. The predicted octanol–water partition coefficient (Wildman–Crippen LogP) is 2.26. The molecule has 24 heavy (non-hydrogen) atoms. The number of nitrogen functional groups attached to an aromatic ring is 1. The molecule has 0 saturated carbocycles. The van der Waals surface area contributed by atoms with Crippen molar-refractivity contribution in [2.24, 2.45) is 0 Å². The van der Waals surface area contributed by atoms with Gasteiger partial charge < -0.3 is 5.73 Å². The Morgan fingerprint density at radius 2 is 1.83 bits per heavy atom. The van der Waals surface area contributed by atoms with E-state index < -0.39 is 14.9 Å². The summed E-state index contributed by atoms with van der Waals surface area (Å²) >= 11 is 0. The van der Waals surface area contributed by atoms with Gasteiger partial charge in [-0.25, -0.2) is 13.1 Å². The maximum Gasteiger partial charge on any atom is 0.270 e. The summed E-state index contributed by atoms with van der Waals surface area (Å²) in [7, 11) is -3.82. The highest BCUT2D eigenvalue weighted by atomic mass is 32.2. The number of hydrogen-bond donors (Lipinski definition) is 2. The van der Waals surface area contributed by atoms with Crippen LogP contribution >= 0.6 is 0 Å². The van der Waals surface area contributed by atoms with E-state index in [1.165, 1.54) is 12.1 Å². The molecule has 0 aliphatic carbocycles. The van der Waals surface area contributed by atoms with Crippen molar-refractivity contribution in [2.75, 3.05) is 12.3 Å². The van der Waals surface area contributed by atoms with Gasteiger partial charge in [-0.3, -0.25) is 10.1 Å². The molecule has 0 atom stereocenters. The van der Waals surface area contributed by atoms with Crippen molar-refractivity contribution in [3.8, 4) is 0 Å². The van der Waals surface area contributed by atoms with Crippen LogP contribution in [0.5, 0.6) is 0 Å². The molecule has 0 bridgehead atoms. The smallest absolute Gasteiger partial charge is 0.270 e. The summed E-state index contributed by atoms with van der Waals surface area (Å²) in [6.07, 6.45) is 0.960. The molecule has 0 spiro atoms. The van der Waals surface area contributed by atoms with Crippen molar-refractivity contribution in [3.63, 3.8) is 0 Å². The van der Waals surface area contributed by atoms with Crippen LogP contribution < -0.4 is 10.5 Å². The Morgan fingerprint density at radius 3 is 2.42 bits per heavy atom. The minimum Gasteiger partial charge on any atom is -0.399 e. The third-order valence-electron chi connectivity index (χ3n) is 3.62. The number of rotatable bonds is 7. The second kappa shape index (κ2) is 7.41. The van der Waals surface area contributed by atoms with Gasteiger partial charge in [0.05, 0.1) is 9.82 Å². The van der Waals surface area contributed by atoms with Crippen molar-refractivity contribution in [2.45, 2.75) is 24.7 Å². The number of nitro benzene ring substituents is 1. The lowest BCUT2D eigenvalue weighted by Gasteiger charge is -2.10. The molecule has 3 N–H and O–H groups in total. The van der Waals surface area contributed by atoms with Gasteiger partial charge in [0.15, 0.2) is 0 Å². The van der Waals surface area contributed by atoms with Gasteiger partial charge >= 0.3 is 0 Å². The van der Waals surface area contributed by atoms with Crippen LogP contribution in [0.15, 0.2) is 47.4 Å². The normalized spacial score (nSPS) is 11.4. The van der Waals surface area contributed by atoms with E-state index in [1.807, 2.05) is 12.1 Å². The third kappa shape index (κ3) is 4.30. The van der Waals surface area contributed by atoms with Gasteiger partial charge in [0.25, 0.3) is 5.69 Å². The topological polar surface area (TPSA) is 115 Å². The number of sulfonamides is 1. The van der Waals surface area contributed by atoms with Crippen LogP contribution in [0.1, 0.15) is 18.1 Å². The molecular weight excluding hydrogens is 330 g/mol. The molecule has 0 saturated heterocycles. The monoisotopic (exact) mass is 349 g/mol. The molecule has 7 nitrogen and oxygen atoms in total. The molecule has 0 heterocycles. The molecule has 0 aromatic heterocycles. The van der Waals surface area contributed by atoms with E-state index in [4.69, 9.17) is 5.73 Å². The van der Waals surface area contributed by atoms with Crippen molar-refractivity contribution in [1.82, 2.24) is 4.72 Å². The number of hydrogen-bond acceptors (Lipinski definition) is 5. The van der Waals surface area contributed by atoms with E-state index in [0.29, 0.717) is 24.1 Å². The first-order valence-corrected chi connectivity index (χ1v) is 8.93. The fourth-order valence-electron chi connectivity index (χ4n) is 2.29. The zero-order valence-electron chi connectivity index (χ0n) is 13.2. The summed E-state index contributed by atoms with van der Waals surface area (Å²) in [5.74, 6) is 0. The van der Waals surface area contributed by atoms with Gasteiger partial charge in [0.2, 0.25) is 10.0 Å². The summed E-state index contributed by atoms with van der Waals surface area (Å²) in [6, 6.07) is 11.0. The lowest BCUT2D eigenvalue weighted by Crippen LogP contribution is -2.27. The molecule has 0 radical (unpaired) electrons. The highest BCUT2D eigenvalue weighted by Gasteiger charge is 2.21. The highest BCUT2D eigenvalue weighted by Crippen LogP contribution is 2.22. The van der Waals surface area contributed by atoms with Crippen molar-refractivity contribution in [3.05, 3.63) is 63.7 Å². The van der Waals surface area contributed by atoms with E-state index >= 15 is 0 Å². The van der Waals surface area contributed by atoms with Crippen LogP contribution in [0.4, 0.5) is 11.4 Å². The average molecular weight is 349 g/mol. The maximum absolute atomic E-state index is 12.5. The van der Waals surface area contributed by atoms with Gasteiger partial charge in [-0.2, -0.15) is 0 Å². The number of benzene rings is 2. The fourth-order valence-corrected chi connectivity index (χ4v) is 3.65. The Bertz CT molecular complexity index is 833. The second-order valence-electron chi connectivity index (χ2n) is 5.29. The molecule has 0 fully saturated rings. The molecular formula is C16H19N3O4S. The molecule has 8 heteroatoms. The van der Waals surface area contributed by atoms with Gasteiger partial charge in [0.1, 0.15) is 0 Å². The number of nitrogens with one attached hydrogen (secondary N) is 1. The van der Waals surface area contributed by atoms with E-state index in [-0.39, 0.29) is 17.1 Å². The van der Waals surface area contributed by atoms with Gasteiger partial charge in [-0.1, -0.05) is 25.1 Å². The number of aryl methyl sites for hydroxylation is 1. The maximum atomic E-state index is 12.5. The van der Waals surface area contributed by atoms with Gasteiger partial charge in [0, 0.05) is 24.4 Å². The summed E-state index contributed by atoms with van der Waals surface area (Å²) in [5.41, 5.74) is 7.49. The van der Waals surface area contributed by atoms with E-state index in [0.717, 1.165) is 11.6 Å². The van der Waals surface area contributed by atoms with Crippen LogP contribution in [0.2, 0.25) is 0 Å². The van der Waals surface area contributed by atoms with E-state index in [1.54, 1.807) is 19.1 Å². The Morgan fingerprint density at radius 1 is 1.17 bits per heavy atom. The number of anilines is 1. The van der Waals surface area contributed by atoms with Gasteiger partial charge in [-0.15, -0.1) is 0 Å². The van der Waals surface area contributed by atoms with Crippen molar-refractivity contribution >= 4 is 21.4 Å².